The second-order valence-corrected chi connectivity index (χ2v) is 4.54. The Hall–Kier alpha value is -0.810. The highest BCUT2D eigenvalue weighted by Gasteiger charge is 2.31. The van der Waals surface area contributed by atoms with E-state index in [9.17, 15) is 4.79 Å². The number of hydrogen-bond acceptors (Lipinski definition) is 3. The number of halogens is 1. The molecule has 0 aliphatic heterocycles. The first-order valence-corrected chi connectivity index (χ1v) is 5.76. The fourth-order valence-electron chi connectivity index (χ4n) is 1.54. The van der Waals surface area contributed by atoms with Gasteiger partial charge < -0.3 is 15.5 Å². The van der Waals surface area contributed by atoms with Gasteiger partial charge in [0.2, 0.25) is 0 Å². The Balaban J connectivity index is 1.96. The van der Waals surface area contributed by atoms with Gasteiger partial charge in [-0.2, -0.15) is 0 Å². The van der Waals surface area contributed by atoms with Gasteiger partial charge in [0, 0.05) is 12.6 Å². The zero-order chi connectivity index (χ0) is 10.8. The molecule has 0 spiro atoms. The van der Waals surface area contributed by atoms with Crippen LogP contribution in [0.25, 0.3) is 0 Å². The van der Waals surface area contributed by atoms with Crippen molar-refractivity contribution < 1.29 is 9.21 Å². The van der Waals surface area contributed by atoms with Crippen LogP contribution in [0, 0.1) is 5.92 Å². The van der Waals surface area contributed by atoms with Crippen molar-refractivity contribution in [2.24, 2.45) is 11.7 Å². The Morgan fingerprint density at radius 3 is 2.87 bits per heavy atom. The molecule has 0 bridgehead atoms. The summed E-state index contributed by atoms with van der Waals surface area (Å²) in [6.45, 7) is 0.484. The Morgan fingerprint density at radius 2 is 2.40 bits per heavy atom. The van der Waals surface area contributed by atoms with E-state index in [1.807, 2.05) is 0 Å². The van der Waals surface area contributed by atoms with Gasteiger partial charge in [-0.1, -0.05) is 0 Å². The van der Waals surface area contributed by atoms with Crippen molar-refractivity contribution in [1.29, 1.82) is 0 Å². The van der Waals surface area contributed by atoms with Gasteiger partial charge in [0.25, 0.3) is 5.91 Å². The van der Waals surface area contributed by atoms with E-state index in [0.29, 0.717) is 22.9 Å². The van der Waals surface area contributed by atoms with Crippen molar-refractivity contribution in [3.8, 4) is 0 Å². The van der Waals surface area contributed by atoms with Gasteiger partial charge >= 0.3 is 0 Å². The first-order chi connectivity index (χ1) is 7.20. The molecule has 4 nitrogen and oxygen atoms in total. The maximum absolute atomic E-state index is 11.7. The Kier molecular flexibility index (Phi) is 3.11. The van der Waals surface area contributed by atoms with Crippen LogP contribution in [0.15, 0.2) is 21.2 Å². The van der Waals surface area contributed by atoms with Gasteiger partial charge in [0.05, 0.1) is 0 Å². The third kappa shape index (κ3) is 2.60. The lowest BCUT2D eigenvalue weighted by atomic mass is 10.2. The van der Waals surface area contributed by atoms with Gasteiger partial charge in [-0.05, 0) is 46.8 Å². The van der Waals surface area contributed by atoms with Crippen molar-refractivity contribution in [2.45, 2.75) is 18.9 Å². The third-order valence-corrected chi connectivity index (χ3v) is 2.98. The van der Waals surface area contributed by atoms with Gasteiger partial charge in [-0.3, -0.25) is 4.79 Å². The first kappa shape index (κ1) is 10.7. The molecule has 1 heterocycles. The quantitative estimate of drug-likeness (QED) is 0.873. The van der Waals surface area contributed by atoms with Crippen LogP contribution < -0.4 is 11.1 Å². The lowest BCUT2D eigenvalue weighted by Crippen LogP contribution is -2.41. The molecule has 1 atom stereocenters. The van der Waals surface area contributed by atoms with Crippen LogP contribution >= 0.6 is 15.9 Å². The van der Waals surface area contributed by atoms with E-state index in [2.05, 4.69) is 21.2 Å². The molecular weight excluding hydrogens is 260 g/mol. The highest BCUT2D eigenvalue weighted by molar-refractivity contribution is 9.10. The van der Waals surface area contributed by atoms with Crippen molar-refractivity contribution >= 4 is 21.8 Å². The lowest BCUT2D eigenvalue weighted by Gasteiger charge is -2.14. The highest BCUT2D eigenvalue weighted by atomic mass is 79.9. The average Bonchev–Trinajstić information content (AvgIpc) is 2.97. The molecule has 1 saturated carbocycles. The number of carbonyl (C=O) groups excluding carboxylic acids is 1. The van der Waals surface area contributed by atoms with Crippen molar-refractivity contribution in [3.63, 3.8) is 0 Å². The second-order valence-electron chi connectivity index (χ2n) is 3.76. The van der Waals surface area contributed by atoms with E-state index in [0.717, 1.165) is 12.8 Å². The number of carbonyl (C=O) groups is 1. The fourth-order valence-corrected chi connectivity index (χ4v) is 1.85. The number of nitrogens with two attached hydrogens (primary N) is 1. The topological polar surface area (TPSA) is 68.3 Å². The fraction of sp³-hybridized carbons (Fsp3) is 0.500. The van der Waals surface area contributed by atoms with E-state index in [1.165, 1.54) is 0 Å². The number of rotatable bonds is 4. The predicted octanol–water partition coefficient (Wildman–Crippen LogP) is 1.51. The molecule has 1 fully saturated rings. The molecule has 82 valence electrons. The average molecular weight is 273 g/mol. The van der Waals surface area contributed by atoms with Crippen molar-refractivity contribution in [3.05, 3.63) is 22.6 Å². The monoisotopic (exact) mass is 272 g/mol. The normalized spacial score (nSPS) is 17.5. The summed E-state index contributed by atoms with van der Waals surface area (Å²) >= 11 is 3.15. The van der Waals surface area contributed by atoms with E-state index in [4.69, 9.17) is 10.2 Å². The molecule has 2 rings (SSSR count). The zero-order valence-electron chi connectivity index (χ0n) is 8.20. The molecule has 0 aromatic carbocycles. The summed E-state index contributed by atoms with van der Waals surface area (Å²) in [5.41, 5.74) is 5.59. The van der Waals surface area contributed by atoms with Gasteiger partial charge in [0.15, 0.2) is 10.4 Å². The highest BCUT2D eigenvalue weighted by Crippen LogP contribution is 2.32. The van der Waals surface area contributed by atoms with Crippen molar-refractivity contribution in [1.82, 2.24) is 5.32 Å². The molecule has 0 saturated heterocycles. The molecule has 0 radical (unpaired) electrons. The molecule has 5 heteroatoms. The minimum Gasteiger partial charge on any atom is -0.444 e. The molecule has 3 N–H and O–H groups in total. The van der Waals surface area contributed by atoms with E-state index in [1.54, 1.807) is 12.1 Å². The molecule has 1 amide bonds. The Morgan fingerprint density at radius 1 is 1.67 bits per heavy atom. The largest absolute Gasteiger partial charge is 0.444 e. The number of hydrogen-bond donors (Lipinski definition) is 2. The summed E-state index contributed by atoms with van der Waals surface area (Å²) in [4.78, 5) is 11.7. The standard InChI is InChI=1S/C10H13BrN2O2/c11-9-4-3-8(15-9)10(14)13-7(5-12)6-1-2-6/h3-4,6-7H,1-2,5,12H2,(H,13,14). The Bertz CT molecular complexity index is 360. The molecule has 15 heavy (non-hydrogen) atoms. The maximum Gasteiger partial charge on any atom is 0.287 e. The third-order valence-electron chi connectivity index (χ3n) is 2.56. The van der Waals surface area contributed by atoms with E-state index < -0.39 is 0 Å². The number of amides is 1. The van der Waals surface area contributed by atoms with Crippen LogP contribution in [-0.2, 0) is 0 Å². The van der Waals surface area contributed by atoms with Crippen LogP contribution in [0.5, 0.6) is 0 Å². The minimum absolute atomic E-state index is 0.0846. The van der Waals surface area contributed by atoms with E-state index in [-0.39, 0.29) is 11.9 Å². The smallest absolute Gasteiger partial charge is 0.287 e. The van der Waals surface area contributed by atoms with Crippen molar-refractivity contribution in [2.75, 3.05) is 6.54 Å². The van der Waals surface area contributed by atoms with Gasteiger partial charge in [0.1, 0.15) is 0 Å². The second kappa shape index (κ2) is 4.37. The summed E-state index contributed by atoms with van der Waals surface area (Å²) in [7, 11) is 0. The molecule has 1 aliphatic carbocycles. The SMILES string of the molecule is NCC(NC(=O)c1ccc(Br)o1)C1CC1. The molecule has 1 aliphatic rings. The molecule has 1 aromatic heterocycles. The van der Waals surface area contributed by atoms with Crippen LogP contribution in [0.4, 0.5) is 0 Å². The Labute approximate surface area is 96.3 Å². The predicted molar refractivity (Wildman–Crippen MR) is 59.4 cm³/mol. The minimum atomic E-state index is -0.192. The summed E-state index contributed by atoms with van der Waals surface area (Å²) in [6.07, 6.45) is 2.31. The molecular formula is C10H13BrN2O2. The zero-order valence-corrected chi connectivity index (χ0v) is 9.79. The summed E-state index contributed by atoms with van der Waals surface area (Å²) in [6, 6.07) is 3.42. The molecule has 1 unspecified atom stereocenters. The first-order valence-electron chi connectivity index (χ1n) is 4.97. The lowest BCUT2D eigenvalue weighted by molar-refractivity contribution is 0.0904. The van der Waals surface area contributed by atoms with Crippen LogP contribution in [0.1, 0.15) is 23.4 Å². The van der Waals surface area contributed by atoms with E-state index >= 15 is 0 Å². The summed E-state index contributed by atoms with van der Waals surface area (Å²) < 4.78 is 5.71. The van der Waals surface area contributed by atoms with Crippen LogP contribution in [0.2, 0.25) is 0 Å². The van der Waals surface area contributed by atoms with Gasteiger partial charge in [-0.15, -0.1) is 0 Å². The van der Waals surface area contributed by atoms with Crippen LogP contribution in [0.3, 0.4) is 0 Å². The summed E-state index contributed by atoms with van der Waals surface area (Å²) in [5.74, 6) is 0.682. The number of nitrogens with one attached hydrogen (secondary N) is 1. The number of furan rings is 1. The summed E-state index contributed by atoms with van der Waals surface area (Å²) in [5, 5.41) is 2.88. The van der Waals surface area contributed by atoms with Gasteiger partial charge in [-0.25, -0.2) is 0 Å². The maximum atomic E-state index is 11.7. The molecule has 1 aromatic rings. The van der Waals surface area contributed by atoms with Crippen LogP contribution in [-0.4, -0.2) is 18.5 Å².